The summed E-state index contributed by atoms with van der Waals surface area (Å²) in [4.78, 5) is 10.5. The van der Waals surface area contributed by atoms with Crippen LogP contribution in [0.5, 0.6) is 0 Å². The Hall–Kier alpha value is -1.08. The molecule has 0 bridgehead atoms. The van der Waals surface area contributed by atoms with E-state index < -0.39 is 17.4 Å². The Kier molecular flexibility index (Phi) is 3.89. The SMILES string of the molecule is CC(CC(C)(C)C#N)[C@@H](N)C(=O)O. The van der Waals surface area contributed by atoms with E-state index in [0.29, 0.717) is 6.42 Å². The normalized spacial score (nSPS) is 15.9. The van der Waals surface area contributed by atoms with Crippen molar-refractivity contribution in [2.75, 3.05) is 0 Å². The Labute approximate surface area is 78.3 Å². The third-order valence-electron chi connectivity index (χ3n) is 2.03. The number of carbonyl (C=O) groups is 1. The first-order valence-corrected chi connectivity index (χ1v) is 4.20. The highest BCUT2D eigenvalue weighted by Gasteiger charge is 2.27. The second-order valence-corrected chi connectivity index (χ2v) is 4.04. The zero-order valence-corrected chi connectivity index (χ0v) is 8.24. The van der Waals surface area contributed by atoms with E-state index in [1.54, 1.807) is 20.8 Å². The molecule has 3 N–H and O–H groups in total. The molecule has 2 atom stereocenters. The topological polar surface area (TPSA) is 87.1 Å². The number of nitrogens with zero attached hydrogens (tertiary/aromatic N) is 1. The zero-order valence-electron chi connectivity index (χ0n) is 8.24. The van der Waals surface area contributed by atoms with Crippen molar-refractivity contribution in [2.24, 2.45) is 17.1 Å². The molecule has 0 aliphatic rings. The van der Waals surface area contributed by atoms with E-state index in [1.807, 2.05) is 0 Å². The molecule has 0 aliphatic heterocycles. The largest absolute Gasteiger partial charge is 0.480 e. The van der Waals surface area contributed by atoms with E-state index >= 15 is 0 Å². The lowest BCUT2D eigenvalue weighted by Crippen LogP contribution is -2.38. The van der Waals surface area contributed by atoms with Crippen molar-refractivity contribution in [1.29, 1.82) is 5.26 Å². The number of rotatable bonds is 4. The molecule has 0 radical (unpaired) electrons. The summed E-state index contributed by atoms with van der Waals surface area (Å²) in [7, 11) is 0. The zero-order chi connectivity index (χ0) is 10.6. The van der Waals surface area contributed by atoms with Gasteiger partial charge in [0, 0.05) is 0 Å². The molecule has 0 aromatic rings. The van der Waals surface area contributed by atoms with Gasteiger partial charge in [0.25, 0.3) is 0 Å². The maximum absolute atomic E-state index is 10.5. The minimum atomic E-state index is -1.01. The van der Waals surface area contributed by atoms with Gasteiger partial charge in [0.15, 0.2) is 0 Å². The molecular weight excluding hydrogens is 168 g/mol. The van der Waals surface area contributed by atoms with Gasteiger partial charge in [0.05, 0.1) is 11.5 Å². The Morgan fingerprint density at radius 2 is 2.15 bits per heavy atom. The molecule has 0 saturated heterocycles. The van der Waals surface area contributed by atoms with Gasteiger partial charge in [-0.05, 0) is 26.2 Å². The Morgan fingerprint density at radius 1 is 1.69 bits per heavy atom. The molecule has 1 unspecified atom stereocenters. The minimum absolute atomic E-state index is 0.188. The molecule has 13 heavy (non-hydrogen) atoms. The van der Waals surface area contributed by atoms with E-state index in [-0.39, 0.29) is 5.92 Å². The van der Waals surface area contributed by atoms with Crippen LogP contribution in [0.4, 0.5) is 0 Å². The van der Waals surface area contributed by atoms with Gasteiger partial charge in [-0.2, -0.15) is 5.26 Å². The van der Waals surface area contributed by atoms with E-state index in [1.165, 1.54) is 0 Å². The number of carboxylic acids is 1. The van der Waals surface area contributed by atoms with Crippen LogP contribution in [0, 0.1) is 22.7 Å². The molecule has 0 rings (SSSR count). The molecular formula is C9H16N2O2. The average Bonchev–Trinajstić information content (AvgIpc) is 2.02. The van der Waals surface area contributed by atoms with Gasteiger partial charge in [0.1, 0.15) is 6.04 Å². The number of aliphatic carboxylic acids is 1. The molecule has 0 aromatic carbocycles. The van der Waals surface area contributed by atoms with Crippen LogP contribution in [-0.2, 0) is 4.79 Å². The minimum Gasteiger partial charge on any atom is -0.480 e. The van der Waals surface area contributed by atoms with E-state index in [9.17, 15) is 4.79 Å². The molecule has 4 heteroatoms. The lowest BCUT2D eigenvalue weighted by molar-refractivity contribution is -0.139. The fourth-order valence-corrected chi connectivity index (χ4v) is 1.22. The first-order chi connectivity index (χ1) is 5.80. The molecule has 0 spiro atoms. The maximum Gasteiger partial charge on any atom is 0.320 e. The van der Waals surface area contributed by atoms with Gasteiger partial charge in [0.2, 0.25) is 0 Å². The molecule has 4 nitrogen and oxygen atoms in total. The standard InChI is InChI=1S/C9H16N2O2/c1-6(7(11)8(12)13)4-9(2,3)5-10/h6-7H,4,11H2,1-3H3,(H,12,13)/t6?,7-/m1/s1. The van der Waals surface area contributed by atoms with Crippen molar-refractivity contribution in [3.8, 4) is 6.07 Å². The van der Waals surface area contributed by atoms with Crippen LogP contribution in [0.25, 0.3) is 0 Å². The highest BCUT2D eigenvalue weighted by atomic mass is 16.4. The van der Waals surface area contributed by atoms with Crippen molar-refractivity contribution < 1.29 is 9.90 Å². The number of hydrogen-bond acceptors (Lipinski definition) is 3. The van der Waals surface area contributed by atoms with Crippen LogP contribution in [-0.4, -0.2) is 17.1 Å². The highest BCUT2D eigenvalue weighted by Crippen LogP contribution is 2.25. The predicted molar refractivity (Wildman–Crippen MR) is 48.8 cm³/mol. The second-order valence-electron chi connectivity index (χ2n) is 4.04. The Morgan fingerprint density at radius 3 is 2.46 bits per heavy atom. The van der Waals surface area contributed by atoms with Crippen LogP contribution in [0.15, 0.2) is 0 Å². The third kappa shape index (κ3) is 3.90. The summed E-state index contributed by atoms with van der Waals surface area (Å²) >= 11 is 0. The molecule has 0 aromatic heterocycles. The monoisotopic (exact) mass is 184 g/mol. The average molecular weight is 184 g/mol. The molecule has 0 saturated carbocycles. The fraction of sp³-hybridized carbons (Fsp3) is 0.778. The summed E-state index contributed by atoms with van der Waals surface area (Å²) in [5.41, 5.74) is 4.91. The van der Waals surface area contributed by atoms with Crippen LogP contribution in [0.2, 0.25) is 0 Å². The second kappa shape index (κ2) is 4.24. The third-order valence-corrected chi connectivity index (χ3v) is 2.03. The molecule has 0 fully saturated rings. The first-order valence-electron chi connectivity index (χ1n) is 4.20. The summed E-state index contributed by atoms with van der Waals surface area (Å²) in [6.45, 7) is 5.30. The Bertz CT molecular complexity index is 230. The Balaban J connectivity index is 4.24. The van der Waals surface area contributed by atoms with Crippen molar-refractivity contribution in [3.63, 3.8) is 0 Å². The smallest absolute Gasteiger partial charge is 0.320 e. The van der Waals surface area contributed by atoms with E-state index in [0.717, 1.165) is 0 Å². The van der Waals surface area contributed by atoms with Crippen LogP contribution in [0.3, 0.4) is 0 Å². The maximum atomic E-state index is 10.5. The number of nitriles is 1. The summed E-state index contributed by atoms with van der Waals surface area (Å²) < 4.78 is 0. The molecule has 0 aliphatic carbocycles. The van der Waals surface area contributed by atoms with Crippen molar-refractivity contribution in [1.82, 2.24) is 0 Å². The fourth-order valence-electron chi connectivity index (χ4n) is 1.22. The quantitative estimate of drug-likeness (QED) is 0.681. The lowest BCUT2D eigenvalue weighted by atomic mass is 9.82. The van der Waals surface area contributed by atoms with Gasteiger partial charge in [-0.3, -0.25) is 4.79 Å². The predicted octanol–water partition coefficient (Wildman–Crippen LogP) is 0.974. The molecule has 74 valence electrons. The van der Waals surface area contributed by atoms with E-state index in [4.69, 9.17) is 16.1 Å². The van der Waals surface area contributed by atoms with Gasteiger partial charge >= 0.3 is 5.97 Å². The molecule has 0 heterocycles. The van der Waals surface area contributed by atoms with Crippen LogP contribution < -0.4 is 5.73 Å². The summed E-state index contributed by atoms with van der Waals surface area (Å²) in [5.74, 6) is -1.20. The summed E-state index contributed by atoms with van der Waals surface area (Å²) in [6, 6.07) is 1.24. The first kappa shape index (κ1) is 11.9. The lowest BCUT2D eigenvalue weighted by Gasteiger charge is -2.22. The van der Waals surface area contributed by atoms with Crippen molar-refractivity contribution >= 4 is 5.97 Å². The van der Waals surface area contributed by atoms with Gasteiger partial charge in [-0.15, -0.1) is 0 Å². The van der Waals surface area contributed by atoms with Gasteiger partial charge in [-0.1, -0.05) is 6.92 Å². The van der Waals surface area contributed by atoms with Gasteiger partial charge in [-0.25, -0.2) is 0 Å². The number of nitrogens with two attached hydrogens (primary N) is 1. The van der Waals surface area contributed by atoms with Gasteiger partial charge < -0.3 is 10.8 Å². The highest BCUT2D eigenvalue weighted by molar-refractivity contribution is 5.73. The number of hydrogen-bond donors (Lipinski definition) is 2. The summed E-state index contributed by atoms with van der Waals surface area (Å²) in [5, 5.41) is 17.3. The van der Waals surface area contributed by atoms with Crippen molar-refractivity contribution in [2.45, 2.75) is 33.2 Å². The van der Waals surface area contributed by atoms with Crippen molar-refractivity contribution in [3.05, 3.63) is 0 Å². The van der Waals surface area contributed by atoms with Crippen LogP contribution in [0.1, 0.15) is 27.2 Å². The molecule has 0 amide bonds. The summed E-state index contributed by atoms with van der Waals surface area (Å²) in [6.07, 6.45) is 0.497. The van der Waals surface area contributed by atoms with Crippen LogP contribution >= 0.6 is 0 Å². The van der Waals surface area contributed by atoms with E-state index in [2.05, 4.69) is 6.07 Å². The number of carboxylic acid groups (broad SMARTS) is 1.